The van der Waals surface area contributed by atoms with E-state index in [-0.39, 0.29) is 151 Å². The number of nitrogens with two attached hydrogens (primary N) is 1. The zero-order valence-corrected chi connectivity index (χ0v) is 54.8. The number of H-pyrrole nitrogens is 3. The molecular weight excluding hydrogens is 1210 g/mol. The zero-order chi connectivity index (χ0) is 55.3. The summed E-state index contributed by atoms with van der Waals surface area (Å²) in [7, 11) is -29.7. The van der Waals surface area contributed by atoms with E-state index in [2.05, 4.69) is 54.6 Å². The van der Waals surface area contributed by atoms with E-state index in [1.807, 2.05) is 6.92 Å². The van der Waals surface area contributed by atoms with Gasteiger partial charge < -0.3 is 29.6 Å². The number of sulfone groups is 2. The second-order valence-corrected chi connectivity index (χ2v) is 24.7. The molecule has 0 spiro atoms. The largest absolute Gasteiger partial charge is 1.00 e. The van der Waals surface area contributed by atoms with Gasteiger partial charge in [0.25, 0.3) is 0 Å². The summed E-state index contributed by atoms with van der Waals surface area (Å²) in [6.07, 6.45) is 0.531. The predicted molar refractivity (Wildman–Crippen MR) is 254 cm³/mol. The Labute approximate surface area is 538 Å². The van der Waals surface area contributed by atoms with Crippen LogP contribution in [0.2, 0.25) is 0 Å². The standard InChI is InChI=1S/C39H41N11O19S6.4Na/c1-2-22-5-3-4-6-27(22)43-39-45-37(41-13-16-70(53,54)18-15-69-75(66,67)68)44-38(46-39)42-25-9-12-29(72(57,58)59)28(21-25)48-50-35-31(74(63,64)65)20-23-19-30(73(60,61)62)34(33(40)32(23)36(35)52)49-47-24-7-10-26(11-8-24)71(55,56)17-14-51;;;;/h3-12,19-21,51-52H,2,13-18,40H2,1H3,(H,57,58,59)(H,60,61,62)(H,63,64,65)(H,66,67,68)(H3,41,42,43,44,45,46);;;;/q;4*+1/p-4. The Morgan fingerprint density at radius 2 is 1.15 bits per heavy atom. The number of aliphatic hydroxyl groups excluding tert-OH is 1. The summed E-state index contributed by atoms with van der Waals surface area (Å²) < 4.78 is 197. The van der Waals surface area contributed by atoms with E-state index in [0.29, 0.717) is 30.3 Å². The normalized spacial score (nSPS) is 13.3. The number of para-hydroxylation sites is 1. The molecule has 6 aromatic rings. The van der Waals surface area contributed by atoms with Crippen LogP contribution in [0.1, 0.15) is 12.5 Å². The minimum atomic E-state index is -5.80. The first-order valence-electron chi connectivity index (χ1n) is 20.7. The Balaban J connectivity index is 0.00000533. The fraction of sp³-hybridized carbons (Fsp3) is 0.205. The maximum absolute atomic E-state index is 14.1. The van der Waals surface area contributed by atoms with Crippen LogP contribution in [0.25, 0.3) is 10.8 Å². The van der Waals surface area contributed by atoms with Crippen molar-refractivity contribution in [3.8, 4) is 5.75 Å². The van der Waals surface area contributed by atoms with E-state index in [9.17, 15) is 69.3 Å². The Morgan fingerprint density at radius 1 is 0.608 bits per heavy atom. The summed E-state index contributed by atoms with van der Waals surface area (Å²) in [5.74, 6) is -3.66. The third-order valence-corrected chi connectivity index (χ3v) is 16.3. The first-order valence-corrected chi connectivity index (χ1v) is 29.8. The monoisotopic (exact) mass is 1250 g/mol. The number of benzene rings is 5. The average Bonchev–Trinajstić information content (AvgIpc) is 3.29. The second-order valence-electron chi connectivity index (χ2n) is 15.1. The Hall–Kier alpha value is -2.97. The Kier molecular flexibility index (Phi) is 27.0. The summed E-state index contributed by atoms with van der Waals surface area (Å²) >= 11 is 0. The molecule has 0 amide bonds. The van der Waals surface area contributed by atoms with Gasteiger partial charge in [-0.05, 0) is 78.0 Å². The first kappa shape index (κ1) is 72.1. The number of aromatic amines is 3. The van der Waals surface area contributed by atoms with Crippen molar-refractivity contribution in [2.45, 2.75) is 32.9 Å². The molecule has 0 radical (unpaired) electrons. The van der Waals surface area contributed by atoms with Gasteiger partial charge in [-0.25, -0.2) is 56.3 Å². The molecule has 7 N–H and O–H groups in total. The molecule has 30 nitrogen and oxygen atoms in total. The van der Waals surface area contributed by atoms with Gasteiger partial charge >= 0.3 is 129 Å². The summed E-state index contributed by atoms with van der Waals surface area (Å²) in [6.45, 7) is -0.176. The number of azo groups is 2. The maximum Gasteiger partial charge on any atom is 1.00 e. The van der Waals surface area contributed by atoms with E-state index >= 15 is 0 Å². The van der Waals surface area contributed by atoms with Crippen molar-refractivity contribution in [3.05, 3.63) is 101 Å². The summed E-state index contributed by atoms with van der Waals surface area (Å²) in [5, 5.41) is 36.3. The van der Waals surface area contributed by atoms with E-state index in [4.69, 9.17) is 15.4 Å². The summed E-state index contributed by atoms with van der Waals surface area (Å²) in [6, 6.07) is 14.6. The number of hydrogen-bond acceptors (Lipinski definition) is 26. The maximum atomic E-state index is 14.1. The molecule has 0 unspecified atom stereocenters. The Morgan fingerprint density at radius 3 is 1.72 bits per heavy atom. The topological polar surface area (TPSA) is 507 Å². The van der Waals surface area contributed by atoms with E-state index in [0.717, 1.165) is 42.0 Å². The second kappa shape index (κ2) is 29.5. The average molecular weight is 1250 g/mol. The fourth-order valence-electron chi connectivity index (χ4n) is 6.56. The quantitative estimate of drug-likeness (QED) is 0.0179. The number of fused-ring (bicyclic) bond motifs is 1. The van der Waals surface area contributed by atoms with Crippen molar-refractivity contribution >= 4 is 111 Å². The van der Waals surface area contributed by atoms with Gasteiger partial charge in [-0.1, -0.05) is 30.9 Å². The smallest absolute Gasteiger partial charge is 0.870 e. The number of nitrogens with one attached hydrogen (secondary N) is 3. The molecule has 0 aliphatic heterocycles. The van der Waals surface area contributed by atoms with Crippen molar-refractivity contribution < 1.29 is 201 Å². The van der Waals surface area contributed by atoms with Crippen LogP contribution in [0, 0.1) is 0 Å². The van der Waals surface area contributed by atoms with Gasteiger partial charge in [0, 0.05) is 5.39 Å². The minimum absolute atomic E-state index is 0. The van der Waals surface area contributed by atoms with Crippen LogP contribution < -0.4 is 146 Å². The van der Waals surface area contributed by atoms with Gasteiger partial charge in [0.1, 0.15) is 41.7 Å². The molecule has 40 heteroatoms. The Bertz CT molecular complexity index is 4240. The van der Waals surface area contributed by atoms with Crippen molar-refractivity contribution in [1.29, 1.82) is 0 Å². The molecular formula is C39H37N11Na4O19S6. The van der Waals surface area contributed by atoms with Crippen LogP contribution >= 0.6 is 0 Å². The van der Waals surface area contributed by atoms with Gasteiger partial charge in [-0.3, -0.25) is 24.5 Å². The van der Waals surface area contributed by atoms with Crippen molar-refractivity contribution in [3.63, 3.8) is 0 Å². The number of nitrogens with zero attached hydrogens (tertiary/aromatic N) is 7. The van der Waals surface area contributed by atoms with Crippen LogP contribution in [0.3, 0.4) is 0 Å². The van der Waals surface area contributed by atoms with Gasteiger partial charge in [0.15, 0.2) is 19.7 Å². The van der Waals surface area contributed by atoms with Crippen LogP contribution in [0.4, 0.5) is 39.8 Å². The molecule has 0 aliphatic carbocycles. The number of rotatable bonds is 20. The molecule has 0 saturated heterocycles. The predicted octanol–water partition coefficient (Wildman–Crippen LogP) is -11.0. The minimum Gasteiger partial charge on any atom is -0.870 e. The van der Waals surface area contributed by atoms with E-state index in [1.165, 1.54) is 0 Å². The molecule has 0 bridgehead atoms. The number of aromatic nitrogens is 3. The molecule has 0 atom stereocenters. The van der Waals surface area contributed by atoms with Crippen LogP contribution in [0.15, 0.2) is 134 Å². The van der Waals surface area contributed by atoms with Crippen LogP contribution in [-0.2, 0) is 71.0 Å². The van der Waals surface area contributed by atoms with Gasteiger partial charge in [0.2, 0.25) is 16.9 Å². The number of hydrogen-bond donors (Lipinski definition) is 6. The SMILES string of the molecule is CCc1ccccc1N=c1[nH]c(=NCCS(=O)(=O)CCOS(=O)(=O)O)[nH]c(=Nc2ccc(S(=O)(=O)[O-])c(N=Nc3c(S(=O)(=O)[O-])cc4cc(S(=O)(=O)[O-])c(N=Nc5ccc(S(=O)(=O)CCO)cc5)c(N)c4c3[O-])c2)[nH]1.[Na+].[Na+].[Na+].[Na+]. The molecule has 5 aromatic carbocycles. The molecule has 6 rings (SSSR count). The number of anilines is 1. The summed E-state index contributed by atoms with van der Waals surface area (Å²) in [5.41, 5.74) is 2.28. The number of aryl methyl sites for hydroxylation is 1. The first-order chi connectivity index (χ1) is 34.9. The molecule has 402 valence electrons. The molecule has 0 aliphatic rings. The molecule has 1 aromatic heterocycles. The van der Waals surface area contributed by atoms with E-state index in [1.54, 1.807) is 24.3 Å². The molecule has 1 heterocycles. The van der Waals surface area contributed by atoms with Crippen molar-refractivity contribution in [2.75, 3.05) is 42.8 Å². The number of nitrogen functional groups attached to an aromatic ring is 1. The molecule has 0 fully saturated rings. The van der Waals surface area contributed by atoms with Crippen molar-refractivity contribution in [2.24, 2.45) is 35.4 Å². The number of aliphatic hydroxyl groups is 1. The van der Waals surface area contributed by atoms with Gasteiger partial charge in [-0.2, -0.15) is 13.5 Å². The van der Waals surface area contributed by atoms with Crippen LogP contribution in [-0.4, -0.2) is 126 Å². The van der Waals surface area contributed by atoms with Gasteiger partial charge in [0.05, 0.1) is 85.0 Å². The van der Waals surface area contributed by atoms with Crippen LogP contribution in [0.5, 0.6) is 5.75 Å². The van der Waals surface area contributed by atoms with E-state index < -0.39 is 151 Å². The van der Waals surface area contributed by atoms with Crippen molar-refractivity contribution in [1.82, 2.24) is 15.0 Å². The third-order valence-electron chi connectivity index (χ3n) is 9.98. The molecule has 0 saturated carbocycles. The molecule has 79 heavy (non-hydrogen) atoms. The fourth-order valence-corrected chi connectivity index (χ4v) is 10.8. The zero-order valence-electron chi connectivity index (χ0n) is 41.9. The third kappa shape index (κ3) is 19.8. The summed E-state index contributed by atoms with van der Waals surface area (Å²) in [4.78, 5) is 17.2. The van der Waals surface area contributed by atoms with Gasteiger partial charge in [-0.15, -0.1) is 15.3 Å².